The summed E-state index contributed by atoms with van der Waals surface area (Å²) < 4.78 is 15.9. The number of benzene rings is 1. The van der Waals surface area contributed by atoms with E-state index < -0.39 is 0 Å². The van der Waals surface area contributed by atoms with Crippen molar-refractivity contribution in [2.75, 3.05) is 52.4 Å². The van der Waals surface area contributed by atoms with Crippen molar-refractivity contribution in [3.8, 4) is 11.5 Å². The van der Waals surface area contributed by atoms with Gasteiger partial charge in [0.15, 0.2) is 0 Å². The van der Waals surface area contributed by atoms with Gasteiger partial charge in [-0.15, -0.1) is 0 Å². The molecule has 0 atom stereocenters. The lowest BCUT2D eigenvalue weighted by atomic mass is 10.1. The number of amides is 1. The average Bonchev–Trinajstić information content (AvgIpc) is 2.74. The molecule has 2 heterocycles. The van der Waals surface area contributed by atoms with Gasteiger partial charge in [-0.1, -0.05) is 6.07 Å². The van der Waals surface area contributed by atoms with Crippen LogP contribution in [0, 0.1) is 0 Å². The molecular formula is C20H25N3O4. The van der Waals surface area contributed by atoms with Crippen molar-refractivity contribution in [1.29, 1.82) is 0 Å². The van der Waals surface area contributed by atoms with Crippen LogP contribution in [-0.2, 0) is 11.2 Å². The van der Waals surface area contributed by atoms with Crippen LogP contribution in [0.3, 0.4) is 0 Å². The zero-order chi connectivity index (χ0) is 19.1. The Morgan fingerprint density at radius 1 is 1.19 bits per heavy atom. The van der Waals surface area contributed by atoms with Gasteiger partial charge in [0.2, 0.25) is 0 Å². The number of anilines is 1. The van der Waals surface area contributed by atoms with E-state index >= 15 is 0 Å². The summed E-state index contributed by atoms with van der Waals surface area (Å²) >= 11 is 0. The van der Waals surface area contributed by atoms with Crippen LogP contribution < -0.4 is 14.8 Å². The van der Waals surface area contributed by atoms with E-state index in [-0.39, 0.29) is 5.91 Å². The molecule has 144 valence electrons. The second-order valence-electron chi connectivity index (χ2n) is 6.19. The molecule has 7 nitrogen and oxygen atoms in total. The normalized spacial score (nSPS) is 13.9. The smallest absolute Gasteiger partial charge is 0.255 e. The van der Waals surface area contributed by atoms with Crippen LogP contribution >= 0.6 is 0 Å². The standard InChI is InChI=1S/C20H25N3O4/c1-25-17-5-3-15(18(13-17)26-2)7-8-21-19-6-4-16(14-22-19)20(24)23-9-11-27-12-10-23/h3-6,13-14H,7-12H2,1-2H3,(H,21,22). The van der Waals surface area contributed by atoms with Gasteiger partial charge in [-0.3, -0.25) is 4.79 Å². The molecule has 1 aromatic heterocycles. The van der Waals surface area contributed by atoms with E-state index in [1.807, 2.05) is 24.3 Å². The zero-order valence-electron chi connectivity index (χ0n) is 15.7. The highest BCUT2D eigenvalue weighted by molar-refractivity contribution is 5.94. The first-order chi connectivity index (χ1) is 13.2. The molecule has 0 unspecified atom stereocenters. The number of morpholine rings is 1. The van der Waals surface area contributed by atoms with E-state index in [0.717, 1.165) is 29.3 Å². The SMILES string of the molecule is COc1ccc(CCNc2ccc(C(=O)N3CCOCC3)cn2)c(OC)c1. The number of rotatable bonds is 7. The van der Waals surface area contributed by atoms with Crippen LogP contribution in [-0.4, -0.2) is 62.9 Å². The number of carbonyl (C=O) groups is 1. The Bertz CT molecular complexity index is 758. The maximum Gasteiger partial charge on any atom is 0.255 e. The fourth-order valence-corrected chi connectivity index (χ4v) is 2.96. The molecule has 0 aliphatic carbocycles. The van der Waals surface area contributed by atoms with Crippen molar-refractivity contribution >= 4 is 11.7 Å². The van der Waals surface area contributed by atoms with Crippen LogP contribution in [0.5, 0.6) is 11.5 Å². The van der Waals surface area contributed by atoms with Crippen LogP contribution in [0.15, 0.2) is 36.5 Å². The number of nitrogens with one attached hydrogen (secondary N) is 1. The second-order valence-corrected chi connectivity index (χ2v) is 6.19. The van der Waals surface area contributed by atoms with Crippen LogP contribution in [0.2, 0.25) is 0 Å². The average molecular weight is 371 g/mol. The van der Waals surface area contributed by atoms with Crippen LogP contribution in [0.25, 0.3) is 0 Å². The number of aromatic nitrogens is 1. The highest BCUT2D eigenvalue weighted by Gasteiger charge is 2.18. The van der Waals surface area contributed by atoms with Gasteiger partial charge >= 0.3 is 0 Å². The van der Waals surface area contributed by atoms with E-state index in [1.165, 1.54) is 0 Å². The Morgan fingerprint density at radius 3 is 2.67 bits per heavy atom. The highest BCUT2D eigenvalue weighted by atomic mass is 16.5. The lowest BCUT2D eigenvalue weighted by Crippen LogP contribution is -2.40. The molecular weight excluding hydrogens is 346 g/mol. The van der Waals surface area contributed by atoms with Crippen molar-refractivity contribution in [2.45, 2.75) is 6.42 Å². The molecule has 27 heavy (non-hydrogen) atoms. The molecule has 1 amide bonds. The lowest BCUT2D eigenvalue weighted by molar-refractivity contribution is 0.0302. The summed E-state index contributed by atoms with van der Waals surface area (Å²) in [4.78, 5) is 18.6. The molecule has 2 aromatic rings. The number of nitrogens with zero attached hydrogens (tertiary/aromatic N) is 2. The molecule has 0 saturated carbocycles. The predicted molar refractivity (Wildman–Crippen MR) is 103 cm³/mol. The summed E-state index contributed by atoms with van der Waals surface area (Å²) in [5.74, 6) is 2.31. The summed E-state index contributed by atoms with van der Waals surface area (Å²) in [6.07, 6.45) is 2.40. The van der Waals surface area contributed by atoms with Gasteiger partial charge in [0.05, 0.1) is 33.0 Å². The minimum atomic E-state index is 0.000296. The van der Waals surface area contributed by atoms with E-state index in [4.69, 9.17) is 14.2 Å². The van der Waals surface area contributed by atoms with Gasteiger partial charge in [-0.25, -0.2) is 4.98 Å². The van der Waals surface area contributed by atoms with Crippen molar-refractivity contribution < 1.29 is 19.0 Å². The van der Waals surface area contributed by atoms with E-state index in [9.17, 15) is 4.79 Å². The Hall–Kier alpha value is -2.80. The topological polar surface area (TPSA) is 72.9 Å². The number of ether oxygens (including phenoxy) is 3. The van der Waals surface area contributed by atoms with Crippen LogP contribution in [0.4, 0.5) is 5.82 Å². The number of methoxy groups -OCH3 is 2. The van der Waals surface area contributed by atoms with Gasteiger partial charge in [0.25, 0.3) is 5.91 Å². The fourth-order valence-electron chi connectivity index (χ4n) is 2.96. The first-order valence-electron chi connectivity index (χ1n) is 8.99. The first kappa shape index (κ1) is 19.0. The van der Waals surface area contributed by atoms with Gasteiger partial charge in [-0.2, -0.15) is 0 Å². The molecule has 1 aromatic carbocycles. The molecule has 1 aliphatic heterocycles. The summed E-state index contributed by atoms with van der Waals surface area (Å²) in [6, 6.07) is 9.43. The summed E-state index contributed by atoms with van der Waals surface area (Å²) in [5.41, 5.74) is 1.68. The molecule has 0 spiro atoms. The van der Waals surface area contributed by atoms with E-state index in [2.05, 4.69) is 10.3 Å². The predicted octanol–water partition coefficient (Wildman–Crippen LogP) is 2.23. The van der Waals surface area contributed by atoms with Crippen molar-refractivity contribution in [1.82, 2.24) is 9.88 Å². The second kappa shape index (κ2) is 9.23. The first-order valence-corrected chi connectivity index (χ1v) is 8.99. The molecule has 1 aliphatic rings. The minimum absolute atomic E-state index is 0.000296. The van der Waals surface area contributed by atoms with E-state index in [1.54, 1.807) is 31.4 Å². The summed E-state index contributed by atoms with van der Waals surface area (Å²) in [5, 5.41) is 3.28. The number of hydrogen-bond acceptors (Lipinski definition) is 6. The minimum Gasteiger partial charge on any atom is -0.497 e. The highest BCUT2D eigenvalue weighted by Crippen LogP contribution is 2.24. The number of pyridine rings is 1. The largest absolute Gasteiger partial charge is 0.497 e. The molecule has 0 radical (unpaired) electrons. The Morgan fingerprint density at radius 2 is 2.00 bits per heavy atom. The summed E-state index contributed by atoms with van der Waals surface area (Å²) in [6.45, 7) is 3.14. The third kappa shape index (κ3) is 4.89. The quantitative estimate of drug-likeness (QED) is 0.805. The molecule has 1 saturated heterocycles. The maximum absolute atomic E-state index is 12.4. The molecule has 1 N–H and O–H groups in total. The molecule has 1 fully saturated rings. The van der Waals surface area contributed by atoms with Gasteiger partial charge in [0.1, 0.15) is 17.3 Å². The lowest BCUT2D eigenvalue weighted by Gasteiger charge is -2.26. The van der Waals surface area contributed by atoms with E-state index in [0.29, 0.717) is 38.4 Å². The third-order valence-electron chi connectivity index (χ3n) is 4.50. The number of hydrogen-bond donors (Lipinski definition) is 1. The van der Waals surface area contributed by atoms with Gasteiger partial charge < -0.3 is 24.4 Å². The van der Waals surface area contributed by atoms with Gasteiger partial charge in [0, 0.05) is 31.9 Å². The fraction of sp³-hybridized carbons (Fsp3) is 0.400. The summed E-state index contributed by atoms with van der Waals surface area (Å²) in [7, 11) is 3.28. The zero-order valence-corrected chi connectivity index (χ0v) is 15.7. The monoisotopic (exact) mass is 371 g/mol. The van der Waals surface area contributed by atoms with Crippen molar-refractivity contribution in [2.24, 2.45) is 0 Å². The molecule has 0 bridgehead atoms. The molecule has 3 rings (SSSR count). The Labute approximate surface area is 159 Å². The third-order valence-corrected chi connectivity index (χ3v) is 4.50. The van der Waals surface area contributed by atoms with Crippen molar-refractivity contribution in [3.63, 3.8) is 0 Å². The maximum atomic E-state index is 12.4. The Balaban J connectivity index is 1.54. The molecule has 7 heteroatoms. The van der Waals surface area contributed by atoms with Crippen molar-refractivity contribution in [3.05, 3.63) is 47.7 Å². The number of carbonyl (C=O) groups excluding carboxylic acids is 1. The Kier molecular flexibility index (Phi) is 6.49. The van der Waals surface area contributed by atoms with Gasteiger partial charge in [-0.05, 0) is 30.2 Å². The van der Waals surface area contributed by atoms with Crippen LogP contribution in [0.1, 0.15) is 15.9 Å².